The predicted octanol–water partition coefficient (Wildman–Crippen LogP) is 4.19. The van der Waals surface area contributed by atoms with Crippen LogP contribution in [0, 0.1) is 0 Å². The minimum absolute atomic E-state index is 0.279. The van der Waals surface area contributed by atoms with Gasteiger partial charge in [-0.05, 0) is 48.4 Å². The summed E-state index contributed by atoms with van der Waals surface area (Å²) in [5.41, 5.74) is 3.46. The lowest BCUT2D eigenvalue weighted by Crippen LogP contribution is -2.18. The quantitative estimate of drug-likeness (QED) is 0.723. The third-order valence-electron chi connectivity index (χ3n) is 4.13. The maximum absolute atomic E-state index is 12.3. The van der Waals surface area contributed by atoms with Crippen LogP contribution in [-0.4, -0.2) is 22.6 Å². The molecule has 0 spiro atoms. The van der Waals surface area contributed by atoms with E-state index in [1.54, 1.807) is 6.07 Å². The minimum atomic E-state index is -0.279. The Morgan fingerprint density at radius 2 is 1.92 bits per heavy atom. The summed E-state index contributed by atoms with van der Waals surface area (Å²) in [5, 5.41) is 11.2. The molecule has 0 aliphatic carbocycles. The number of amides is 1. The second-order valence-electron chi connectivity index (χ2n) is 5.77. The number of benzene rings is 2. The Hall–Kier alpha value is -2.73. The van der Waals surface area contributed by atoms with Crippen LogP contribution in [0.5, 0.6) is 0 Å². The fraction of sp³-hybridized carbons (Fsp3) is 0.105. The highest BCUT2D eigenvalue weighted by molar-refractivity contribution is 9.10. The number of anilines is 3. The summed E-state index contributed by atoms with van der Waals surface area (Å²) in [7, 11) is 0. The van der Waals surface area contributed by atoms with E-state index in [9.17, 15) is 4.79 Å². The normalized spacial score (nSPS) is 12.8. The number of para-hydroxylation sites is 1. The lowest BCUT2D eigenvalue weighted by Gasteiger charge is -2.17. The maximum atomic E-state index is 12.3. The SMILES string of the molecule is O=C(Nc1cccc(Br)c1)c1ccc(N2CCc3ccccc32)nn1. The van der Waals surface area contributed by atoms with Crippen molar-refractivity contribution in [3.63, 3.8) is 0 Å². The molecule has 124 valence electrons. The number of aromatic nitrogens is 2. The highest BCUT2D eigenvalue weighted by Crippen LogP contribution is 2.32. The Morgan fingerprint density at radius 3 is 2.72 bits per heavy atom. The number of fused-ring (bicyclic) bond motifs is 1. The molecule has 4 rings (SSSR count). The highest BCUT2D eigenvalue weighted by atomic mass is 79.9. The van der Waals surface area contributed by atoms with Crippen LogP contribution in [0.3, 0.4) is 0 Å². The summed E-state index contributed by atoms with van der Waals surface area (Å²) < 4.78 is 0.902. The Labute approximate surface area is 153 Å². The molecule has 0 saturated carbocycles. The molecule has 0 radical (unpaired) electrons. The number of hydrogen-bond acceptors (Lipinski definition) is 4. The number of hydrogen-bond donors (Lipinski definition) is 1. The monoisotopic (exact) mass is 394 g/mol. The number of carbonyl (C=O) groups is 1. The van der Waals surface area contributed by atoms with Gasteiger partial charge >= 0.3 is 0 Å². The molecular weight excluding hydrogens is 380 g/mol. The van der Waals surface area contributed by atoms with E-state index in [-0.39, 0.29) is 11.6 Å². The second-order valence-corrected chi connectivity index (χ2v) is 6.69. The highest BCUT2D eigenvalue weighted by Gasteiger charge is 2.21. The molecule has 1 N–H and O–H groups in total. The van der Waals surface area contributed by atoms with E-state index in [2.05, 4.69) is 48.5 Å². The van der Waals surface area contributed by atoms with Gasteiger partial charge in [0.15, 0.2) is 11.5 Å². The molecule has 0 fully saturated rings. The van der Waals surface area contributed by atoms with Crippen molar-refractivity contribution in [2.75, 3.05) is 16.8 Å². The molecule has 6 heteroatoms. The zero-order valence-electron chi connectivity index (χ0n) is 13.3. The van der Waals surface area contributed by atoms with E-state index in [4.69, 9.17) is 0 Å². The van der Waals surface area contributed by atoms with Crippen molar-refractivity contribution in [1.82, 2.24) is 10.2 Å². The van der Waals surface area contributed by atoms with Crippen molar-refractivity contribution in [3.8, 4) is 0 Å². The number of rotatable bonds is 3. The second kappa shape index (κ2) is 6.64. The Bertz CT molecular complexity index is 927. The number of nitrogens with one attached hydrogen (secondary N) is 1. The van der Waals surface area contributed by atoms with Crippen molar-refractivity contribution < 1.29 is 4.79 Å². The number of nitrogens with zero attached hydrogens (tertiary/aromatic N) is 3. The van der Waals surface area contributed by atoms with Gasteiger partial charge in [0.1, 0.15) is 0 Å². The van der Waals surface area contributed by atoms with Crippen LogP contribution in [0.25, 0.3) is 0 Å². The Kier molecular flexibility index (Phi) is 4.19. The van der Waals surface area contributed by atoms with Crippen LogP contribution >= 0.6 is 15.9 Å². The van der Waals surface area contributed by atoms with Crippen molar-refractivity contribution in [1.29, 1.82) is 0 Å². The summed E-state index contributed by atoms with van der Waals surface area (Å²) in [5.74, 6) is 0.475. The molecule has 0 saturated heterocycles. The summed E-state index contributed by atoms with van der Waals surface area (Å²) in [6.07, 6.45) is 0.989. The van der Waals surface area contributed by atoms with Gasteiger partial charge in [-0.25, -0.2) is 0 Å². The van der Waals surface area contributed by atoms with Crippen LogP contribution in [0.2, 0.25) is 0 Å². The first-order valence-electron chi connectivity index (χ1n) is 7.97. The van der Waals surface area contributed by atoms with Gasteiger partial charge in [0.25, 0.3) is 5.91 Å². The van der Waals surface area contributed by atoms with Gasteiger partial charge < -0.3 is 10.2 Å². The van der Waals surface area contributed by atoms with Crippen LogP contribution in [-0.2, 0) is 6.42 Å². The maximum Gasteiger partial charge on any atom is 0.276 e. The third-order valence-corrected chi connectivity index (χ3v) is 4.62. The van der Waals surface area contributed by atoms with E-state index in [0.717, 1.165) is 28.9 Å². The van der Waals surface area contributed by atoms with Gasteiger partial charge in [-0.2, -0.15) is 0 Å². The Balaban J connectivity index is 1.52. The summed E-state index contributed by atoms with van der Waals surface area (Å²) in [6, 6.07) is 19.2. The van der Waals surface area contributed by atoms with E-state index < -0.39 is 0 Å². The van der Waals surface area contributed by atoms with Gasteiger partial charge in [-0.3, -0.25) is 4.79 Å². The van der Waals surface area contributed by atoms with Gasteiger partial charge in [0.2, 0.25) is 0 Å². The molecule has 3 aromatic rings. The van der Waals surface area contributed by atoms with E-state index >= 15 is 0 Å². The van der Waals surface area contributed by atoms with Crippen LogP contribution in [0.1, 0.15) is 16.1 Å². The molecule has 2 heterocycles. The van der Waals surface area contributed by atoms with Crippen molar-refractivity contribution >= 4 is 39.0 Å². The molecule has 0 bridgehead atoms. The topological polar surface area (TPSA) is 58.1 Å². The van der Waals surface area contributed by atoms with Gasteiger partial charge in [0.05, 0.1) is 0 Å². The molecule has 1 amide bonds. The molecule has 0 atom stereocenters. The molecule has 1 aliphatic rings. The first-order valence-corrected chi connectivity index (χ1v) is 8.76. The number of halogens is 1. The fourth-order valence-electron chi connectivity index (χ4n) is 2.93. The minimum Gasteiger partial charge on any atom is -0.324 e. The van der Waals surface area contributed by atoms with Crippen LogP contribution < -0.4 is 10.2 Å². The molecular formula is C19H15BrN4O. The zero-order chi connectivity index (χ0) is 17.2. The van der Waals surface area contributed by atoms with E-state index in [0.29, 0.717) is 5.69 Å². The van der Waals surface area contributed by atoms with Gasteiger partial charge in [0, 0.05) is 22.4 Å². The summed E-state index contributed by atoms with van der Waals surface area (Å²) >= 11 is 3.38. The Morgan fingerprint density at radius 1 is 1.04 bits per heavy atom. The molecule has 25 heavy (non-hydrogen) atoms. The number of carbonyl (C=O) groups excluding carboxylic acids is 1. The third kappa shape index (κ3) is 3.25. The molecule has 2 aromatic carbocycles. The van der Waals surface area contributed by atoms with Crippen molar-refractivity contribution in [2.45, 2.75) is 6.42 Å². The molecule has 1 aliphatic heterocycles. The largest absolute Gasteiger partial charge is 0.324 e. The predicted molar refractivity (Wildman–Crippen MR) is 101 cm³/mol. The lowest BCUT2D eigenvalue weighted by molar-refractivity contribution is 0.102. The lowest BCUT2D eigenvalue weighted by atomic mass is 10.2. The standard InChI is InChI=1S/C19H15BrN4O/c20-14-5-3-6-15(12-14)21-19(25)16-8-9-18(23-22-16)24-11-10-13-4-1-2-7-17(13)24/h1-9,12H,10-11H2,(H,21,25). The molecule has 0 unspecified atom stereocenters. The zero-order valence-corrected chi connectivity index (χ0v) is 14.9. The smallest absolute Gasteiger partial charge is 0.276 e. The average Bonchev–Trinajstić information content (AvgIpc) is 3.06. The van der Waals surface area contributed by atoms with Crippen molar-refractivity contribution in [3.05, 3.63) is 76.4 Å². The van der Waals surface area contributed by atoms with E-state index in [1.165, 1.54) is 5.56 Å². The average molecular weight is 395 g/mol. The first-order chi connectivity index (χ1) is 12.2. The van der Waals surface area contributed by atoms with Gasteiger partial charge in [-0.15, -0.1) is 10.2 Å². The molecule has 5 nitrogen and oxygen atoms in total. The van der Waals surface area contributed by atoms with Crippen LogP contribution in [0.4, 0.5) is 17.2 Å². The van der Waals surface area contributed by atoms with Crippen molar-refractivity contribution in [2.24, 2.45) is 0 Å². The summed E-state index contributed by atoms with van der Waals surface area (Å²) in [6.45, 7) is 0.873. The fourth-order valence-corrected chi connectivity index (χ4v) is 3.33. The van der Waals surface area contributed by atoms with E-state index in [1.807, 2.05) is 42.5 Å². The summed E-state index contributed by atoms with van der Waals surface area (Å²) in [4.78, 5) is 14.4. The molecule has 1 aromatic heterocycles. The van der Waals surface area contributed by atoms with Crippen LogP contribution in [0.15, 0.2) is 65.1 Å². The van der Waals surface area contributed by atoms with Gasteiger partial charge in [-0.1, -0.05) is 40.2 Å². The first kappa shape index (κ1) is 15.8.